The molecule has 0 unspecified atom stereocenters. The Hall–Kier alpha value is -0.530. The molecule has 1 aromatic heterocycles. The van der Waals surface area contributed by atoms with E-state index in [0.29, 0.717) is 0 Å². The number of nitrogens with two attached hydrogens (primary N) is 1. The number of aryl methyl sites for hydroxylation is 1. The van der Waals surface area contributed by atoms with E-state index in [0.717, 1.165) is 20.8 Å². The summed E-state index contributed by atoms with van der Waals surface area (Å²) in [6, 6.07) is 0. The van der Waals surface area contributed by atoms with Crippen molar-refractivity contribution in [2.45, 2.75) is 13.8 Å². The van der Waals surface area contributed by atoms with Gasteiger partial charge in [0.15, 0.2) is 5.11 Å². The molecule has 0 aromatic carbocycles. The molecule has 1 heterocycles. The van der Waals surface area contributed by atoms with Gasteiger partial charge in [0, 0.05) is 7.05 Å². The molecule has 0 aliphatic rings. The summed E-state index contributed by atoms with van der Waals surface area (Å²) in [5, 5.41) is 5.95. The van der Waals surface area contributed by atoms with Crippen LogP contribution in [0.1, 0.15) is 17.5 Å². The van der Waals surface area contributed by atoms with E-state index in [1.807, 2.05) is 13.8 Å². The third-order valence-corrected chi connectivity index (χ3v) is 4.28. The largest absolute Gasteiger partial charge is 0.375 e. The minimum Gasteiger partial charge on any atom is -0.375 e. The average molecular weight is 307 g/mol. The second kappa shape index (κ2) is 5.00. The van der Waals surface area contributed by atoms with Gasteiger partial charge in [-0.05, 0) is 53.5 Å². The number of aromatic nitrogens is 1. The second-order valence-corrected chi connectivity index (χ2v) is 4.94. The van der Waals surface area contributed by atoms with Crippen molar-refractivity contribution in [2.75, 3.05) is 7.05 Å². The van der Waals surface area contributed by atoms with Crippen LogP contribution in [0.5, 0.6) is 0 Å². The number of thiocarbonyl (C=S) groups is 1. The Morgan fingerprint density at radius 2 is 2.27 bits per heavy atom. The molecule has 1 aromatic rings. The Bertz CT molecular complexity index is 413. The first kappa shape index (κ1) is 12.5. The van der Waals surface area contributed by atoms with Crippen molar-refractivity contribution < 1.29 is 0 Å². The van der Waals surface area contributed by atoms with Crippen LogP contribution >= 0.6 is 39.7 Å². The molecule has 0 atom stereocenters. The standard InChI is InChI=1S/C8H11BrN4S2/c1-4-6(9)7(15-12-4)5(2)11-13(3)8(10)14/h1-3H3,(H2,10,14)/b11-5+. The van der Waals surface area contributed by atoms with Gasteiger partial charge in [0.05, 0.1) is 20.8 Å². The van der Waals surface area contributed by atoms with Gasteiger partial charge in [-0.15, -0.1) is 0 Å². The molecule has 0 fully saturated rings. The fraction of sp³-hybridized carbons (Fsp3) is 0.375. The first-order valence-electron chi connectivity index (χ1n) is 4.14. The zero-order valence-corrected chi connectivity index (χ0v) is 11.8. The summed E-state index contributed by atoms with van der Waals surface area (Å²) in [6.07, 6.45) is 0. The maximum absolute atomic E-state index is 5.43. The van der Waals surface area contributed by atoms with E-state index in [4.69, 9.17) is 18.0 Å². The normalized spacial score (nSPS) is 11.6. The second-order valence-electron chi connectivity index (χ2n) is 2.96. The molecule has 7 heteroatoms. The molecule has 2 N–H and O–H groups in total. The lowest BCUT2D eigenvalue weighted by Gasteiger charge is -2.10. The molecule has 0 aliphatic carbocycles. The van der Waals surface area contributed by atoms with Gasteiger partial charge in [-0.25, -0.2) is 5.01 Å². The smallest absolute Gasteiger partial charge is 0.186 e. The number of halogens is 1. The van der Waals surface area contributed by atoms with Crippen molar-refractivity contribution in [3.8, 4) is 0 Å². The molecule has 0 aliphatic heterocycles. The fourth-order valence-electron chi connectivity index (χ4n) is 0.903. The lowest BCUT2D eigenvalue weighted by Crippen LogP contribution is -2.28. The molecule has 0 saturated heterocycles. The number of nitrogens with zero attached hydrogens (tertiary/aromatic N) is 3. The molecule has 0 radical (unpaired) electrons. The highest BCUT2D eigenvalue weighted by atomic mass is 79.9. The van der Waals surface area contributed by atoms with Gasteiger partial charge >= 0.3 is 0 Å². The maximum atomic E-state index is 5.43. The maximum Gasteiger partial charge on any atom is 0.186 e. The third kappa shape index (κ3) is 2.96. The number of hydrogen-bond acceptors (Lipinski definition) is 4. The summed E-state index contributed by atoms with van der Waals surface area (Å²) < 4.78 is 5.20. The van der Waals surface area contributed by atoms with Crippen LogP contribution in [0.4, 0.5) is 0 Å². The number of hydrazone groups is 1. The summed E-state index contributed by atoms with van der Waals surface area (Å²) >= 11 is 9.66. The molecule has 0 amide bonds. The van der Waals surface area contributed by atoms with Crippen molar-refractivity contribution in [3.63, 3.8) is 0 Å². The topological polar surface area (TPSA) is 54.5 Å². The van der Waals surface area contributed by atoms with Crippen molar-refractivity contribution in [1.29, 1.82) is 0 Å². The van der Waals surface area contributed by atoms with Gasteiger partial charge in [-0.3, -0.25) is 0 Å². The van der Waals surface area contributed by atoms with E-state index in [1.54, 1.807) is 7.05 Å². The predicted molar refractivity (Wildman–Crippen MR) is 71.3 cm³/mol. The van der Waals surface area contributed by atoms with E-state index >= 15 is 0 Å². The Morgan fingerprint density at radius 3 is 2.67 bits per heavy atom. The third-order valence-electron chi connectivity index (χ3n) is 1.74. The van der Waals surface area contributed by atoms with Crippen molar-refractivity contribution in [3.05, 3.63) is 15.0 Å². The lowest BCUT2D eigenvalue weighted by atomic mass is 10.3. The summed E-state index contributed by atoms with van der Waals surface area (Å²) in [4.78, 5) is 0.996. The van der Waals surface area contributed by atoms with Crippen LogP contribution in [-0.2, 0) is 0 Å². The van der Waals surface area contributed by atoms with Crippen molar-refractivity contribution in [1.82, 2.24) is 9.38 Å². The molecule has 4 nitrogen and oxygen atoms in total. The van der Waals surface area contributed by atoms with Gasteiger partial charge in [0.1, 0.15) is 0 Å². The SMILES string of the molecule is C/C(=N\N(C)C(N)=S)c1snc(C)c1Br. The van der Waals surface area contributed by atoms with Crippen molar-refractivity contribution >= 4 is 50.5 Å². The van der Waals surface area contributed by atoms with Gasteiger partial charge in [-0.1, -0.05) is 0 Å². The molecule has 1 rings (SSSR count). The molecule has 0 spiro atoms. The summed E-state index contributed by atoms with van der Waals surface area (Å²) in [5.74, 6) is 0. The summed E-state index contributed by atoms with van der Waals surface area (Å²) in [5.41, 5.74) is 7.23. The predicted octanol–water partition coefficient (Wildman–Crippen LogP) is 2.11. The highest BCUT2D eigenvalue weighted by Gasteiger charge is 2.11. The van der Waals surface area contributed by atoms with Crippen LogP contribution < -0.4 is 5.73 Å². The first-order chi connectivity index (χ1) is 6.93. The minimum absolute atomic E-state index is 0.242. The monoisotopic (exact) mass is 306 g/mol. The molecular weight excluding hydrogens is 296 g/mol. The fourth-order valence-corrected chi connectivity index (χ4v) is 2.37. The van der Waals surface area contributed by atoms with E-state index in [2.05, 4.69) is 25.4 Å². The zero-order valence-electron chi connectivity index (χ0n) is 8.61. The zero-order chi connectivity index (χ0) is 11.6. The average Bonchev–Trinajstić information content (AvgIpc) is 2.47. The highest BCUT2D eigenvalue weighted by Crippen LogP contribution is 2.25. The van der Waals surface area contributed by atoms with E-state index in [-0.39, 0.29) is 5.11 Å². The molecular formula is C8H11BrN4S2. The minimum atomic E-state index is 0.242. The number of hydrogen-bond donors (Lipinski definition) is 1. The van der Waals surface area contributed by atoms with Crippen LogP contribution in [0.25, 0.3) is 0 Å². The van der Waals surface area contributed by atoms with Crippen LogP contribution in [0, 0.1) is 6.92 Å². The Morgan fingerprint density at radius 1 is 1.67 bits per heavy atom. The van der Waals surface area contributed by atoms with Gasteiger partial charge in [0.2, 0.25) is 0 Å². The Kier molecular flexibility index (Phi) is 4.18. The quantitative estimate of drug-likeness (QED) is 0.516. The van der Waals surface area contributed by atoms with Crippen LogP contribution in [0.15, 0.2) is 9.57 Å². The van der Waals surface area contributed by atoms with Crippen LogP contribution in [0.3, 0.4) is 0 Å². The summed E-state index contributed by atoms with van der Waals surface area (Å²) in [7, 11) is 1.72. The van der Waals surface area contributed by atoms with Gasteiger partial charge in [-0.2, -0.15) is 9.47 Å². The van der Waals surface area contributed by atoms with Crippen molar-refractivity contribution in [2.24, 2.45) is 10.8 Å². The first-order valence-corrected chi connectivity index (χ1v) is 6.11. The Balaban J connectivity index is 2.99. The molecule has 0 saturated carbocycles. The molecule has 15 heavy (non-hydrogen) atoms. The van der Waals surface area contributed by atoms with Gasteiger partial charge in [0.25, 0.3) is 0 Å². The molecule has 82 valence electrons. The highest BCUT2D eigenvalue weighted by molar-refractivity contribution is 9.10. The van der Waals surface area contributed by atoms with E-state index in [9.17, 15) is 0 Å². The van der Waals surface area contributed by atoms with E-state index in [1.165, 1.54) is 16.5 Å². The number of rotatable bonds is 2. The Labute approximate surface area is 106 Å². The lowest BCUT2D eigenvalue weighted by molar-refractivity contribution is 0.549. The summed E-state index contributed by atoms with van der Waals surface area (Å²) in [6.45, 7) is 3.83. The van der Waals surface area contributed by atoms with Crippen LogP contribution in [-0.4, -0.2) is 27.3 Å². The molecule has 0 bridgehead atoms. The van der Waals surface area contributed by atoms with Crippen LogP contribution in [0.2, 0.25) is 0 Å². The van der Waals surface area contributed by atoms with Gasteiger partial charge < -0.3 is 5.73 Å². The van der Waals surface area contributed by atoms with E-state index < -0.39 is 0 Å².